The summed E-state index contributed by atoms with van der Waals surface area (Å²) in [5.41, 5.74) is -0.440. The Hall–Kier alpha value is -1.54. The first-order chi connectivity index (χ1) is 8.87. The molecule has 0 N–H and O–H groups in total. The Bertz CT molecular complexity index is 599. The smallest absolute Gasteiger partial charge is 0.341 e. The van der Waals surface area contributed by atoms with Crippen LogP contribution in [0, 0.1) is 11.6 Å². The third-order valence-electron chi connectivity index (χ3n) is 2.52. The molecule has 0 aliphatic carbocycles. The van der Waals surface area contributed by atoms with Gasteiger partial charge in [0, 0.05) is 12.5 Å². The van der Waals surface area contributed by atoms with Crippen LogP contribution in [0.25, 0.3) is 0 Å². The van der Waals surface area contributed by atoms with Gasteiger partial charge in [0.25, 0.3) is 10.1 Å². The molecule has 1 fully saturated rings. The van der Waals surface area contributed by atoms with Gasteiger partial charge >= 0.3 is 5.97 Å². The summed E-state index contributed by atoms with van der Waals surface area (Å²) in [4.78, 5) is 11.6. The Morgan fingerprint density at radius 3 is 2.74 bits per heavy atom. The molecule has 0 saturated carbocycles. The van der Waals surface area contributed by atoms with Crippen molar-refractivity contribution in [3.63, 3.8) is 0 Å². The van der Waals surface area contributed by atoms with Crippen molar-refractivity contribution in [2.24, 2.45) is 0 Å². The summed E-state index contributed by atoms with van der Waals surface area (Å²) in [6.07, 6.45) is -0.691. The van der Waals surface area contributed by atoms with Crippen molar-refractivity contribution in [1.82, 2.24) is 0 Å². The van der Waals surface area contributed by atoms with Crippen LogP contribution in [-0.4, -0.2) is 32.9 Å². The molecule has 0 amide bonds. The molecule has 8 heteroatoms. The van der Waals surface area contributed by atoms with Gasteiger partial charge in [-0.25, -0.2) is 13.6 Å². The van der Waals surface area contributed by atoms with Crippen LogP contribution in [0.2, 0.25) is 0 Å². The zero-order chi connectivity index (χ0) is 14.0. The minimum atomic E-state index is -3.71. The number of ether oxygens (including phenoxy) is 1. The number of rotatable bonds is 2. The maximum atomic E-state index is 13.3. The summed E-state index contributed by atoms with van der Waals surface area (Å²) in [6.45, 7) is -0.0911. The van der Waals surface area contributed by atoms with Crippen LogP contribution in [0.4, 0.5) is 8.78 Å². The predicted octanol–water partition coefficient (Wildman–Crippen LogP) is 1.24. The van der Waals surface area contributed by atoms with E-state index in [9.17, 15) is 22.0 Å². The van der Waals surface area contributed by atoms with Crippen molar-refractivity contribution in [3.8, 4) is 0 Å². The van der Waals surface area contributed by atoms with E-state index in [1.807, 2.05) is 0 Å². The summed E-state index contributed by atoms with van der Waals surface area (Å²) in [6, 6.07) is 2.42. The molecule has 5 nitrogen and oxygen atoms in total. The monoisotopic (exact) mass is 292 g/mol. The summed E-state index contributed by atoms with van der Waals surface area (Å²) in [5.74, 6) is -3.37. The molecular weight excluding hydrogens is 282 g/mol. The molecule has 1 heterocycles. The van der Waals surface area contributed by atoms with Gasteiger partial charge in [-0.3, -0.25) is 4.18 Å². The Morgan fingerprint density at radius 2 is 2.11 bits per heavy atom. The van der Waals surface area contributed by atoms with E-state index in [0.29, 0.717) is 6.07 Å². The highest BCUT2D eigenvalue weighted by atomic mass is 32.2. The van der Waals surface area contributed by atoms with Gasteiger partial charge in [-0.2, -0.15) is 8.42 Å². The van der Waals surface area contributed by atoms with Crippen molar-refractivity contribution in [1.29, 1.82) is 0 Å². The van der Waals surface area contributed by atoms with Gasteiger partial charge in [-0.05, 0) is 12.1 Å². The highest BCUT2D eigenvalue weighted by Crippen LogP contribution is 2.16. The largest absolute Gasteiger partial charge is 0.457 e. The number of halogens is 2. The lowest BCUT2D eigenvalue weighted by atomic mass is 10.2. The van der Waals surface area contributed by atoms with Gasteiger partial charge in [-0.15, -0.1) is 0 Å². The van der Waals surface area contributed by atoms with Crippen LogP contribution in [0.3, 0.4) is 0 Å². The molecule has 2 rings (SSSR count). The number of carbonyl (C=O) groups is 1. The third kappa shape index (κ3) is 3.48. The van der Waals surface area contributed by atoms with Crippen LogP contribution in [0.1, 0.15) is 16.8 Å². The lowest BCUT2D eigenvalue weighted by Gasteiger charge is -2.21. The average molecular weight is 292 g/mol. The van der Waals surface area contributed by atoms with Crippen molar-refractivity contribution in [2.75, 3.05) is 12.4 Å². The van der Waals surface area contributed by atoms with Gasteiger partial charge in [-0.1, -0.05) is 0 Å². The molecule has 1 atom stereocenters. The van der Waals surface area contributed by atoms with E-state index in [1.54, 1.807) is 0 Å². The van der Waals surface area contributed by atoms with Gasteiger partial charge in [0.2, 0.25) is 0 Å². The molecular formula is C11H10F2O5S. The van der Waals surface area contributed by atoms with Gasteiger partial charge < -0.3 is 4.74 Å². The van der Waals surface area contributed by atoms with Crippen molar-refractivity contribution in [2.45, 2.75) is 12.5 Å². The number of hydrogen-bond donors (Lipinski definition) is 0. The Kier molecular flexibility index (Phi) is 3.81. The Morgan fingerprint density at radius 1 is 1.37 bits per heavy atom. The van der Waals surface area contributed by atoms with Gasteiger partial charge in [0.15, 0.2) is 0 Å². The standard InChI is InChI=1S/C11H10F2O5S/c12-7-1-2-9(10(13)5-7)11(14)18-8-3-4-17-19(15,16)6-8/h1-2,5,8H,3-4,6H2. The first kappa shape index (κ1) is 13.9. The van der Waals surface area contributed by atoms with E-state index in [-0.39, 0.29) is 13.0 Å². The minimum absolute atomic E-state index is 0.0911. The molecule has 1 aromatic carbocycles. The average Bonchev–Trinajstić information content (AvgIpc) is 2.27. The predicted molar refractivity (Wildman–Crippen MR) is 59.9 cm³/mol. The van der Waals surface area contributed by atoms with Crippen molar-refractivity contribution in [3.05, 3.63) is 35.4 Å². The molecule has 0 spiro atoms. The fraction of sp³-hybridized carbons (Fsp3) is 0.364. The molecule has 0 bridgehead atoms. The van der Waals surface area contributed by atoms with Crippen LogP contribution >= 0.6 is 0 Å². The summed E-state index contributed by atoms with van der Waals surface area (Å²) in [5, 5.41) is 0. The first-order valence-corrected chi connectivity index (χ1v) is 6.98. The topological polar surface area (TPSA) is 69.7 Å². The molecule has 0 aromatic heterocycles. The molecule has 0 radical (unpaired) electrons. The number of esters is 1. The van der Waals surface area contributed by atoms with E-state index in [2.05, 4.69) is 4.18 Å². The Balaban J connectivity index is 2.09. The van der Waals surface area contributed by atoms with Crippen LogP contribution < -0.4 is 0 Å². The second-order valence-electron chi connectivity index (χ2n) is 3.99. The fourth-order valence-corrected chi connectivity index (χ4v) is 2.76. The molecule has 1 unspecified atom stereocenters. The second kappa shape index (κ2) is 5.22. The number of benzene rings is 1. The van der Waals surface area contributed by atoms with Crippen molar-refractivity contribution < 1.29 is 30.9 Å². The molecule has 104 valence electrons. The normalized spacial score (nSPS) is 21.9. The lowest BCUT2D eigenvalue weighted by Crippen LogP contribution is -2.34. The maximum absolute atomic E-state index is 13.3. The van der Waals surface area contributed by atoms with E-state index >= 15 is 0 Å². The molecule has 19 heavy (non-hydrogen) atoms. The van der Waals surface area contributed by atoms with E-state index < -0.39 is 45.1 Å². The third-order valence-corrected chi connectivity index (χ3v) is 3.82. The molecule has 1 aliphatic heterocycles. The summed E-state index contributed by atoms with van der Waals surface area (Å²) >= 11 is 0. The SMILES string of the molecule is O=C(OC1CCOS(=O)(=O)C1)c1ccc(F)cc1F. The quantitative estimate of drug-likeness (QED) is 0.606. The van der Waals surface area contributed by atoms with Crippen LogP contribution in [0.15, 0.2) is 18.2 Å². The van der Waals surface area contributed by atoms with Crippen LogP contribution in [-0.2, 0) is 19.0 Å². The van der Waals surface area contributed by atoms with E-state index in [4.69, 9.17) is 4.74 Å². The zero-order valence-corrected chi connectivity index (χ0v) is 10.5. The summed E-state index contributed by atoms with van der Waals surface area (Å²) in [7, 11) is -3.71. The number of carbonyl (C=O) groups excluding carboxylic acids is 1. The molecule has 1 saturated heterocycles. The van der Waals surface area contributed by atoms with Crippen molar-refractivity contribution >= 4 is 16.1 Å². The van der Waals surface area contributed by atoms with E-state index in [1.165, 1.54) is 0 Å². The first-order valence-electron chi connectivity index (χ1n) is 5.40. The highest BCUT2D eigenvalue weighted by molar-refractivity contribution is 7.86. The fourth-order valence-electron chi connectivity index (χ4n) is 1.63. The highest BCUT2D eigenvalue weighted by Gasteiger charge is 2.29. The zero-order valence-electron chi connectivity index (χ0n) is 9.64. The van der Waals surface area contributed by atoms with Gasteiger partial charge in [0.1, 0.15) is 23.5 Å². The molecule has 1 aliphatic rings. The lowest BCUT2D eigenvalue weighted by molar-refractivity contribution is 0.0265. The maximum Gasteiger partial charge on any atom is 0.341 e. The second-order valence-corrected chi connectivity index (χ2v) is 5.67. The van der Waals surface area contributed by atoms with Gasteiger partial charge in [0.05, 0.1) is 12.2 Å². The van der Waals surface area contributed by atoms with Crippen LogP contribution in [0.5, 0.6) is 0 Å². The molecule has 1 aromatic rings. The number of hydrogen-bond acceptors (Lipinski definition) is 5. The summed E-state index contributed by atoms with van der Waals surface area (Å²) < 4.78 is 57.7. The Labute approximate surface area is 108 Å². The van der Waals surface area contributed by atoms with E-state index in [0.717, 1.165) is 12.1 Å². The minimum Gasteiger partial charge on any atom is -0.457 e.